The number of esters is 1. The topological polar surface area (TPSA) is 46.5 Å². The number of methoxy groups -OCH3 is 1. The van der Waals surface area contributed by atoms with Crippen molar-refractivity contribution in [2.24, 2.45) is 0 Å². The predicted molar refractivity (Wildman–Crippen MR) is 78.6 cm³/mol. The number of ether oxygens (including phenoxy) is 1. The van der Waals surface area contributed by atoms with E-state index in [1.54, 1.807) is 30.1 Å². The molecule has 1 aliphatic carbocycles. The quantitative estimate of drug-likeness (QED) is 0.688. The maximum atomic E-state index is 11.5. The Morgan fingerprint density at radius 1 is 1.63 bits per heavy atom. The molecule has 1 unspecified atom stereocenters. The van der Waals surface area contributed by atoms with E-state index in [9.17, 15) is 9.90 Å². The van der Waals surface area contributed by atoms with Gasteiger partial charge in [-0.2, -0.15) is 11.8 Å². The summed E-state index contributed by atoms with van der Waals surface area (Å²) in [5.41, 5.74) is -0.420. The molecule has 1 heterocycles. The van der Waals surface area contributed by atoms with Crippen molar-refractivity contribution < 1.29 is 14.6 Å². The van der Waals surface area contributed by atoms with E-state index < -0.39 is 5.60 Å². The van der Waals surface area contributed by atoms with Gasteiger partial charge in [-0.25, -0.2) is 4.79 Å². The summed E-state index contributed by atoms with van der Waals surface area (Å²) in [6, 6.07) is 1.78. The van der Waals surface area contributed by atoms with Gasteiger partial charge in [0.25, 0.3) is 0 Å². The van der Waals surface area contributed by atoms with Crippen LogP contribution in [0.1, 0.15) is 35.0 Å². The Morgan fingerprint density at radius 3 is 2.84 bits per heavy atom. The molecule has 102 valence electrons. The lowest BCUT2D eigenvalue weighted by atomic mass is 10.00. The van der Waals surface area contributed by atoms with Gasteiger partial charge >= 0.3 is 5.97 Å². The third-order valence-corrected chi connectivity index (χ3v) is 5.94. The molecule has 3 nitrogen and oxygen atoms in total. The minimum absolute atomic E-state index is 0.151. The molecule has 1 saturated carbocycles. The normalized spacial score (nSPS) is 18.9. The summed E-state index contributed by atoms with van der Waals surface area (Å²) in [6.07, 6.45) is 3.94. The molecule has 0 amide bonds. The van der Waals surface area contributed by atoms with Gasteiger partial charge in [0.1, 0.15) is 10.5 Å². The Balaban J connectivity index is 2.25. The molecule has 0 saturated heterocycles. The summed E-state index contributed by atoms with van der Waals surface area (Å²) in [5.74, 6) is 5.46. The highest BCUT2D eigenvalue weighted by Gasteiger charge is 2.55. The second-order valence-corrected chi connectivity index (χ2v) is 6.78. The molecule has 0 aromatic carbocycles. The average molecular weight is 296 g/mol. The van der Waals surface area contributed by atoms with Crippen molar-refractivity contribution in [1.29, 1.82) is 0 Å². The Bertz CT molecular complexity index is 545. The van der Waals surface area contributed by atoms with Gasteiger partial charge in [-0.15, -0.1) is 11.3 Å². The van der Waals surface area contributed by atoms with Gasteiger partial charge in [0.15, 0.2) is 0 Å². The van der Waals surface area contributed by atoms with E-state index in [1.807, 2.05) is 6.26 Å². The molecule has 1 atom stereocenters. The maximum absolute atomic E-state index is 11.5. The van der Waals surface area contributed by atoms with E-state index in [0.29, 0.717) is 10.4 Å². The van der Waals surface area contributed by atoms with Crippen molar-refractivity contribution in [2.75, 3.05) is 13.4 Å². The Kier molecular flexibility index (Phi) is 3.95. The highest BCUT2D eigenvalue weighted by Crippen LogP contribution is 2.54. The van der Waals surface area contributed by atoms with Crippen molar-refractivity contribution in [3.8, 4) is 11.8 Å². The van der Waals surface area contributed by atoms with Gasteiger partial charge in [0, 0.05) is 0 Å². The SMILES string of the molecule is COC(=O)c1sccc1C#CC(C)(O)C1(SC)CC1. The standard InChI is InChI=1S/C14H16O3S2/c1-13(16,14(18-3)7-8-14)6-4-10-5-9-19-11(10)12(15)17-2/h5,9,16H,7-8H2,1-3H3. The largest absolute Gasteiger partial charge is 0.465 e. The fourth-order valence-corrected chi connectivity index (χ4v) is 3.69. The number of aliphatic hydroxyl groups is 1. The molecule has 0 bridgehead atoms. The molecule has 0 spiro atoms. The number of carbonyl (C=O) groups excluding carboxylic acids is 1. The van der Waals surface area contributed by atoms with Crippen molar-refractivity contribution in [3.63, 3.8) is 0 Å². The van der Waals surface area contributed by atoms with Crippen molar-refractivity contribution in [3.05, 3.63) is 21.9 Å². The number of hydrogen-bond donors (Lipinski definition) is 1. The second-order valence-electron chi connectivity index (χ2n) is 4.68. The first kappa shape index (κ1) is 14.4. The number of thioether (sulfide) groups is 1. The summed E-state index contributed by atoms with van der Waals surface area (Å²) < 4.78 is 4.55. The molecular weight excluding hydrogens is 280 g/mol. The zero-order valence-electron chi connectivity index (χ0n) is 11.1. The van der Waals surface area contributed by atoms with Crippen molar-refractivity contribution in [2.45, 2.75) is 30.1 Å². The predicted octanol–water partition coefficient (Wildman–Crippen LogP) is 2.53. The summed E-state index contributed by atoms with van der Waals surface area (Å²) in [5, 5.41) is 12.3. The van der Waals surface area contributed by atoms with E-state index in [1.165, 1.54) is 18.4 Å². The third kappa shape index (κ3) is 2.66. The smallest absolute Gasteiger partial charge is 0.349 e. The zero-order valence-corrected chi connectivity index (χ0v) is 12.8. The highest BCUT2D eigenvalue weighted by atomic mass is 32.2. The van der Waals surface area contributed by atoms with E-state index in [4.69, 9.17) is 4.74 Å². The average Bonchev–Trinajstić information content (AvgIpc) is 3.08. The summed E-state index contributed by atoms with van der Waals surface area (Å²) in [7, 11) is 1.35. The highest BCUT2D eigenvalue weighted by molar-refractivity contribution is 8.00. The van der Waals surface area contributed by atoms with Gasteiger partial charge in [0.2, 0.25) is 0 Å². The molecular formula is C14H16O3S2. The molecule has 1 fully saturated rings. The van der Waals surface area contributed by atoms with Gasteiger partial charge in [-0.3, -0.25) is 0 Å². The van der Waals surface area contributed by atoms with Crippen LogP contribution in [-0.2, 0) is 4.74 Å². The Hall–Kier alpha value is -0.960. The molecule has 19 heavy (non-hydrogen) atoms. The molecule has 1 aliphatic rings. The lowest BCUT2D eigenvalue weighted by molar-refractivity contribution is 0.0606. The molecule has 2 rings (SSSR count). The molecule has 1 aromatic heterocycles. The molecule has 0 aliphatic heterocycles. The first-order valence-electron chi connectivity index (χ1n) is 5.92. The van der Waals surface area contributed by atoms with Crippen LogP contribution in [0.15, 0.2) is 11.4 Å². The van der Waals surface area contributed by atoms with Crippen LogP contribution in [0.5, 0.6) is 0 Å². The van der Waals surface area contributed by atoms with Crippen LogP contribution in [-0.4, -0.2) is 34.8 Å². The van der Waals surface area contributed by atoms with Crippen LogP contribution in [0.2, 0.25) is 0 Å². The van der Waals surface area contributed by atoms with Gasteiger partial charge in [-0.1, -0.05) is 11.8 Å². The van der Waals surface area contributed by atoms with E-state index in [0.717, 1.165) is 12.8 Å². The lowest BCUT2D eigenvalue weighted by Crippen LogP contribution is -2.37. The molecule has 1 N–H and O–H groups in total. The molecule has 5 heteroatoms. The van der Waals surface area contributed by atoms with Crippen LogP contribution < -0.4 is 0 Å². The Morgan fingerprint density at radius 2 is 2.32 bits per heavy atom. The van der Waals surface area contributed by atoms with Crippen molar-refractivity contribution >= 4 is 29.1 Å². The monoisotopic (exact) mass is 296 g/mol. The van der Waals surface area contributed by atoms with E-state index in [-0.39, 0.29) is 10.7 Å². The summed E-state index contributed by atoms with van der Waals surface area (Å²) in [6.45, 7) is 1.74. The van der Waals surface area contributed by atoms with Crippen LogP contribution in [0.25, 0.3) is 0 Å². The van der Waals surface area contributed by atoms with Gasteiger partial charge in [0.05, 0.1) is 17.4 Å². The zero-order chi connectivity index (χ0) is 14.1. The Labute approximate surface area is 121 Å². The van der Waals surface area contributed by atoms with E-state index >= 15 is 0 Å². The lowest BCUT2D eigenvalue weighted by Gasteiger charge is -2.26. The second kappa shape index (κ2) is 5.20. The van der Waals surface area contributed by atoms with E-state index in [2.05, 4.69) is 11.8 Å². The minimum atomic E-state index is -1.04. The minimum Gasteiger partial charge on any atom is -0.465 e. The van der Waals surface area contributed by atoms with Gasteiger partial charge < -0.3 is 9.84 Å². The number of thiophene rings is 1. The maximum Gasteiger partial charge on any atom is 0.349 e. The van der Waals surface area contributed by atoms with Crippen molar-refractivity contribution in [1.82, 2.24) is 0 Å². The number of hydrogen-bond acceptors (Lipinski definition) is 5. The van der Waals surface area contributed by atoms with Gasteiger partial charge in [-0.05, 0) is 37.5 Å². The first-order valence-corrected chi connectivity index (χ1v) is 8.03. The number of carbonyl (C=O) groups is 1. The fourth-order valence-electron chi connectivity index (χ4n) is 1.96. The van der Waals surface area contributed by atoms with Crippen LogP contribution in [0.3, 0.4) is 0 Å². The summed E-state index contributed by atoms with van der Waals surface area (Å²) >= 11 is 2.95. The van der Waals surface area contributed by atoms with Crippen LogP contribution in [0, 0.1) is 11.8 Å². The molecule has 0 radical (unpaired) electrons. The number of rotatable bonds is 3. The van der Waals surface area contributed by atoms with Crippen LogP contribution in [0.4, 0.5) is 0 Å². The first-order chi connectivity index (χ1) is 8.96. The van der Waals surface area contributed by atoms with Crippen LogP contribution >= 0.6 is 23.1 Å². The molecule has 1 aromatic rings. The third-order valence-electron chi connectivity index (χ3n) is 3.46. The summed E-state index contributed by atoms with van der Waals surface area (Å²) in [4.78, 5) is 12.0. The fraction of sp³-hybridized carbons (Fsp3) is 0.500.